The molecule has 1 fully saturated rings. The van der Waals surface area contributed by atoms with Gasteiger partial charge in [-0.15, -0.1) is 0 Å². The van der Waals surface area contributed by atoms with Crippen LogP contribution < -0.4 is 0 Å². The molecule has 0 saturated carbocycles. The van der Waals surface area contributed by atoms with E-state index in [9.17, 15) is 0 Å². The maximum absolute atomic E-state index is 4.80. The Morgan fingerprint density at radius 1 is 1.17 bits per heavy atom. The van der Waals surface area contributed by atoms with Crippen molar-refractivity contribution in [2.24, 2.45) is 7.05 Å². The summed E-state index contributed by atoms with van der Waals surface area (Å²) >= 11 is 0. The smallest absolute Gasteiger partial charge is 0.234 e. The maximum atomic E-state index is 4.80. The Morgan fingerprint density at radius 2 is 2.04 bits per heavy atom. The molecule has 3 aromatic rings. The van der Waals surface area contributed by atoms with E-state index < -0.39 is 0 Å². The van der Waals surface area contributed by atoms with Crippen molar-refractivity contribution in [1.82, 2.24) is 28.8 Å². The zero-order chi connectivity index (χ0) is 15.8. The second-order valence-corrected chi connectivity index (χ2v) is 6.36. The van der Waals surface area contributed by atoms with Crippen LogP contribution in [0.4, 0.5) is 0 Å². The first-order valence-corrected chi connectivity index (χ1v) is 8.23. The van der Waals surface area contributed by atoms with E-state index in [-0.39, 0.29) is 0 Å². The maximum Gasteiger partial charge on any atom is 0.234 e. The normalized spacial score (nSPS) is 19.5. The highest BCUT2D eigenvalue weighted by molar-refractivity contribution is 5.33. The van der Waals surface area contributed by atoms with Gasteiger partial charge in [-0.25, -0.2) is 15.0 Å². The lowest BCUT2D eigenvalue weighted by molar-refractivity contribution is 0.132. The molecule has 6 heteroatoms. The second-order valence-electron chi connectivity index (χ2n) is 6.36. The Balaban J connectivity index is 1.67. The summed E-state index contributed by atoms with van der Waals surface area (Å²) in [5.41, 5.74) is 2.32. The first kappa shape index (κ1) is 14.4. The van der Waals surface area contributed by atoms with Crippen molar-refractivity contribution >= 4 is 5.78 Å². The minimum atomic E-state index is 0.348. The van der Waals surface area contributed by atoms with Gasteiger partial charge >= 0.3 is 0 Å². The number of fused-ring (bicyclic) bond motifs is 1. The quantitative estimate of drug-likeness (QED) is 0.746. The van der Waals surface area contributed by atoms with Gasteiger partial charge in [0.1, 0.15) is 5.82 Å². The lowest BCUT2D eigenvalue weighted by Crippen LogP contribution is -2.34. The van der Waals surface area contributed by atoms with Gasteiger partial charge in [0.25, 0.3) is 0 Å². The van der Waals surface area contributed by atoms with E-state index in [4.69, 9.17) is 4.98 Å². The Hall–Kier alpha value is -2.21. The van der Waals surface area contributed by atoms with Crippen LogP contribution in [0.15, 0.2) is 30.9 Å². The van der Waals surface area contributed by atoms with Crippen LogP contribution in [-0.4, -0.2) is 35.4 Å². The Kier molecular flexibility index (Phi) is 3.61. The second kappa shape index (κ2) is 5.77. The van der Waals surface area contributed by atoms with E-state index in [1.807, 2.05) is 29.2 Å². The highest BCUT2D eigenvalue weighted by Crippen LogP contribution is 2.31. The molecule has 3 aromatic heterocycles. The SMILES string of the molecule is Cc1cc(C2CCCCN2Cc2nccn2C)nc2nccn12. The Labute approximate surface area is 135 Å². The summed E-state index contributed by atoms with van der Waals surface area (Å²) in [6.07, 6.45) is 11.3. The summed E-state index contributed by atoms with van der Waals surface area (Å²) in [5.74, 6) is 1.90. The monoisotopic (exact) mass is 310 g/mol. The van der Waals surface area contributed by atoms with Crippen molar-refractivity contribution < 1.29 is 0 Å². The molecule has 0 bridgehead atoms. The predicted molar refractivity (Wildman–Crippen MR) is 87.9 cm³/mol. The number of hydrogen-bond acceptors (Lipinski definition) is 4. The number of rotatable bonds is 3. The standard InChI is InChI=1S/C17H22N6/c1-13-11-14(20-17-19-7-10-23(13)17)15-5-3-4-8-22(15)12-16-18-6-9-21(16)2/h6-7,9-11,15H,3-5,8,12H2,1-2H3. The van der Waals surface area contributed by atoms with Crippen LogP contribution in [0.25, 0.3) is 5.78 Å². The number of aromatic nitrogens is 5. The summed E-state index contributed by atoms with van der Waals surface area (Å²) in [6, 6.07) is 2.55. The van der Waals surface area contributed by atoms with Gasteiger partial charge in [-0.05, 0) is 32.4 Å². The van der Waals surface area contributed by atoms with Crippen molar-refractivity contribution in [3.63, 3.8) is 0 Å². The highest BCUT2D eigenvalue weighted by Gasteiger charge is 2.26. The fourth-order valence-electron chi connectivity index (χ4n) is 3.50. The van der Waals surface area contributed by atoms with Crippen molar-refractivity contribution in [3.8, 4) is 0 Å². The molecule has 1 unspecified atom stereocenters. The largest absolute Gasteiger partial charge is 0.337 e. The fourth-order valence-corrected chi connectivity index (χ4v) is 3.50. The molecular weight excluding hydrogens is 288 g/mol. The molecule has 120 valence electrons. The highest BCUT2D eigenvalue weighted by atomic mass is 15.2. The molecule has 0 radical (unpaired) electrons. The van der Waals surface area contributed by atoms with E-state index in [0.29, 0.717) is 6.04 Å². The van der Waals surface area contributed by atoms with Gasteiger partial charge in [-0.1, -0.05) is 6.42 Å². The minimum Gasteiger partial charge on any atom is -0.337 e. The van der Waals surface area contributed by atoms with Crippen LogP contribution in [0.5, 0.6) is 0 Å². The summed E-state index contributed by atoms with van der Waals surface area (Å²) in [6.45, 7) is 4.08. The third kappa shape index (κ3) is 2.63. The molecule has 0 N–H and O–H groups in total. The first-order chi connectivity index (χ1) is 11.2. The van der Waals surface area contributed by atoms with Crippen LogP contribution in [0.2, 0.25) is 0 Å². The Bertz CT molecular complexity index is 817. The molecule has 1 aliphatic rings. The molecule has 0 spiro atoms. The molecule has 23 heavy (non-hydrogen) atoms. The van der Waals surface area contributed by atoms with Crippen LogP contribution >= 0.6 is 0 Å². The van der Waals surface area contributed by atoms with Gasteiger partial charge in [0.05, 0.1) is 18.3 Å². The minimum absolute atomic E-state index is 0.348. The van der Waals surface area contributed by atoms with Crippen molar-refractivity contribution in [2.75, 3.05) is 6.54 Å². The van der Waals surface area contributed by atoms with E-state index in [1.54, 1.807) is 0 Å². The third-order valence-corrected chi connectivity index (χ3v) is 4.81. The zero-order valence-electron chi connectivity index (χ0n) is 13.7. The molecule has 0 aromatic carbocycles. The molecule has 1 saturated heterocycles. The molecule has 4 rings (SSSR count). The van der Waals surface area contributed by atoms with Crippen LogP contribution in [0.3, 0.4) is 0 Å². The molecule has 0 aliphatic carbocycles. The zero-order valence-corrected chi connectivity index (χ0v) is 13.7. The van der Waals surface area contributed by atoms with Gasteiger partial charge in [0.2, 0.25) is 5.78 Å². The van der Waals surface area contributed by atoms with E-state index in [2.05, 4.69) is 39.5 Å². The van der Waals surface area contributed by atoms with Crippen molar-refractivity contribution in [1.29, 1.82) is 0 Å². The molecular formula is C17H22N6. The topological polar surface area (TPSA) is 51.2 Å². The van der Waals surface area contributed by atoms with Crippen molar-refractivity contribution in [2.45, 2.75) is 38.8 Å². The van der Waals surface area contributed by atoms with Gasteiger partial charge in [-0.3, -0.25) is 9.30 Å². The van der Waals surface area contributed by atoms with Gasteiger partial charge < -0.3 is 4.57 Å². The molecule has 0 amide bonds. The van der Waals surface area contributed by atoms with E-state index in [0.717, 1.165) is 36.8 Å². The van der Waals surface area contributed by atoms with Gasteiger partial charge in [0.15, 0.2) is 0 Å². The van der Waals surface area contributed by atoms with Crippen LogP contribution in [-0.2, 0) is 13.6 Å². The van der Waals surface area contributed by atoms with Gasteiger partial charge in [0, 0.05) is 37.5 Å². The number of piperidine rings is 1. The van der Waals surface area contributed by atoms with E-state index >= 15 is 0 Å². The lowest BCUT2D eigenvalue weighted by atomic mass is 9.98. The molecule has 1 aliphatic heterocycles. The number of aryl methyl sites for hydroxylation is 2. The molecule has 1 atom stereocenters. The molecule has 6 nitrogen and oxygen atoms in total. The van der Waals surface area contributed by atoms with Crippen molar-refractivity contribution in [3.05, 3.63) is 48.1 Å². The lowest BCUT2D eigenvalue weighted by Gasteiger charge is -2.35. The fraction of sp³-hybridized carbons (Fsp3) is 0.471. The predicted octanol–water partition coefficient (Wildman–Crippen LogP) is 2.50. The third-order valence-electron chi connectivity index (χ3n) is 4.81. The summed E-state index contributed by atoms with van der Waals surface area (Å²) in [7, 11) is 2.06. The van der Waals surface area contributed by atoms with Crippen LogP contribution in [0.1, 0.15) is 42.5 Å². The summed E-state index contributed by atoms with van der Waals surface area (Å²) < 4.78 is 4.14. The molecule has 4 heterocycles. The van der Waals surface area contributed by atoms with E-state index in [1.165, 1.54) is 18.5 Å². The average Bonchev–Trinajstić information content (AvgIpc) is 3.18. The average molecular weight is 310 g/mol. The number of likely N-dealkylation sites (tertiary alicyclic amines) is 1. The number of imidazole rings is 2. The Morgan fingerprint density at radius 3 is 2.87 bits per heavy atom. The summed E-state index contributed by atoms with van der Waals surface area (Å²) in [4.78, 5) is 16.2. The first-order valence-electron chi connectivity index (χ1n) is 8.23. The van der Waals surface area contributed by atoms with Gasteiger partial charge in [-0.2, -0.15) is 0 Å². The number of nitrogens with zero attached hydrogens (tertiary/aromatic N) is 6. The van der Waals surface area contributed by atoms with Crippen LogP contribution in [0, 0.1) is 6.92 Å². The number of hydrogen-bond donors (Lipinski definition) is 0. The summed E-state index contributed by atoms with van der Waals surface area (Å²) in [5, 5.41) is 0.